The normalized spacial score (nSPS) is 34.3. The fourth-order valence-electron chi connectivity index (χ4n) is 2.36. The van der Waals surface area contributed by atoms with Gasteiger partial charge in [0.1, 0.15) is 6.29 Å². The number of carbonyl (C=O) groups excluding carboxylic acids is 1. The third-order valence-corrected chi connectivity index (χ3v) is 3.55. The van der Waals surface area contributed by atoms with Crippen LogP contribution in [0.4, 0.5) is 0 Å². The average molecular weight is 178 g/mol. The van der Waals surface area contributed by atoms with Gasteiger partial charge in [0.25, 0.3) is 0 Å². The van der Waals surface area contributed by atoms with E-state index in [1.54, 1.807) is 0 Å². The van der Waals surface area contributed by atoms with Crippen LogP contribution < -0.4 is 0 Å². The van der Waals surface area contributed by atoms with Gasteiger partial charge in [0, 0.05) is 5.41 Å². The van der Waals surface area contributed by atoms with Gasteiger partial charge in [-0.05, 0) is 38.0 Å². The van der Waals surface area contributed by atoms with E-state index in [0.717, 1.165) is 12.8 Å². The molecule has 1 nitrogen and oxygen atoms in total. The van der Waals surface area contributed by atoms with Crippen LogP contribution in [0, 0.1) is 11.3 Å². The van der Waals surface area contributed by atoms with E-state index in [1.807, 2.05) is 0 Å². The number of aldehydes is 1. The second-order valence-electron chi connectivity index (χ2n) is 4.52. The van der Waals surface area contributed by atoms with E-state index in [2.05, 4.69) is 12.2 Å². The van der Waals surface area contributed by atoms with E-state index in [-0.39, 0.29) is 5.41 Å². The van der Waals surface area contributed by atoms with Crippen molar-refractivity contribution in [2.24, 2.45) is 11.3 Å². The van der Waals surface area contributed by atoms with Crippen molar-refractivity contribution in [3.8, 4) is 0 Å². The summed E-state index contributed by atoms with van der Waals surface area (Å²) >= 11 is 0. The lowest BCUT2D eigenvalue weighted by Crippen LogP contribution is -2.16. The van der Waals surface area contributed by atoms with Crippen molar-refractivity contribution in [2.75, 3.05) is 0 Å². The van der Waals surface area contributed by atoms with Crippen molar-refractivity contribution in [3.05, 3.63) is 12.2 Å². The molecule has 0 aromatic carbocycles. The molecule has 1 atom stereocenters. The topological polar surface area (TPSA) is 17.1 Å². The molecule has 1 heteroatoms. The summed E-state index contributed by atoms with van der Waals surface area (Å²) in [4.78, 5) is 11.0. The Labute approximate surface area is 80.2 Å². The van der Waals surface area contributed by atoms with E-state index in [1.165, 1.54) is 38.4 Å². The largest absolute Gasteiger partial charge is 0.303 e. The maximum Gasteiger partial charge on any atom is 0.126 e. The molecule has 72 valence electrons. The number of hydrogen-bond acceptors (Lipinski definition) is 1. The monoisotopic (exact) mass is 178 g/mol. The molecule has 1 fully saturated rings. The molecule has 0 radical (unpaired) electrons. The standard InChI is InChI=1S/C12H18O/c13-10-12(8-9-12)11-6-4-2-1-3-5-7-11/h4,6,10-11H,1-3,5,7-9H2/b6-4-. The van der Waals surface area contributed by atoms with E-state index in [0.29, 0.717) is 5.92 Å². The fraction of sp³-hybridized carbons (Fsp3) is 0.750. The van der Waals surface area contributed by atoms with Crippen molar-refractivity contribution < 1.29 is 4.79 Å². The van der Waals surface area contributed by atoms with E-state index in [4.69, 9.17) is 0 Å². The number of allylic oxidation sites excluding steroid dienone is 2. The summed E-state index contributed by atoms with van der Waals surface area (Å²) in [6, 6.07) is 0. The molecule has 2 rings (SSSR count). The molecule has 2 aliphatic rings. The van der Waals surface area contributed by atoms with Crippen LogP contribution in [-0.2, 0) is 4.79 Å². The van der Waals surface area contributed by atoms with Crippen LogP contribution in [0.15, 0.2) is 12.2 Å². The third-order valence-electron chi connectivity index (χ3n) is 3.55. The second kappa shape index (κ2) is 3.65. The second-order valence-corrected chi connectivity index (χ2v) is 4.52. The summed E-state index contributed by atoms with van der Waals surface area (Å²) in [5, 5.41) is 0. The molecule has 0 aromatic rings. The van der Waals surface area contributed by atoms with Crippen molar-refractivity contribution in [2.45, 2.75) is 44.9 Å². The quantitative estimate of drug-likeness (QED) is 0.469. The Morgan fingerprint density at radius 1 is 1.23 bits per heavy atom. The molecule has 0 bridgehead atoms. The Kier molecular flexibility index (Phi) is 2.52. The van der Waals surface area contributed by atoms with E-state index in [9.17, 15) is 4.79 Å². The highest BCUT2D eigenvalue weighted by molar-refractivity contribution is 5.64. The zero-order valence-electron chi connectivity index (χ0n) is 8.17. The molecule has 1 saturated carbocycles. The lowest BCUT2D eigenvalue weighted by Gasteiger charge is -2.20. The Balaban J connectivity index is 2.03. The Morgan fingerprint density at radius 3 is 2.77 bits per heavy atom. The van der Waals surface area contributed by atoms with Gasteiger partial charge in [0.2, 0.25) is 0 Å². The van der Waals surface area contributed by atoms with Gasteiger partial charge in [0.15, 0.2) is 0 Å². The summed E-state index contributed by atoms with van der Waals surface area (Å²) in [7, 11) is 0. The van der Waals surface area contributed by atoms with Crippen LogP contribution in [0.2, 0.25) is 0 Å². The molecule has 0 aliphatic heterocycles. The number of carbonyl (C=O) groups is 1. The highest BCUT2D eigenvalue weighted by atomic mass is 16.1. The molecule has 0 spiro atoms. The Hall–Kier alpha value is -0.590. The van der Waals surface area contributed by atoms with Crippen LogP contribution in [0.25, 0.3) is 0 Å². The van der Waals surface area contributed by atoms with Gasteiger partial charge >= 0.3 is 0 Å². The van der Waals surface area contributed by atoms with Gasteiger partial charge < -0.3 is 4.79 Å². The van der Waals surface area contributed by atoms with Crippen molar-refractivity contribution in [1.29, 1.82) is 0 Å². The molecule has 0 heterocycles. The summed E-state index contributed by atoms with van der Waals surface area (Å²) in [6.45, 7) is 0. The zero-order chi connectivity index (χ0) is 9.15. The number of rotatable bonds is 2. The Bertz CT molecular complexity index is 213. The smallest absolute Gasteiger partial charge is 0.126 e. The van der Waals surface area contributed by atoms with E-state index < -0.39 is 0 Å². The predicted octanol–water partition coefficient (Wildman–Crippen LogP) is 3.10. The maximum absolute atomic E-state index is 11.0. The van der Waals surface area contributed by atoms with Crippen LogP contribution >= 0.6 is 0 Å². The summed E-state index contributed by atoms with van der Waals surface area (Å²) in [5.74, 6) is 0.560. The Morgan fingerprint density at radius 2 is 2.08 bits per heavy atom. The SMILES string of the molecule is O=CC1(C2/C=C\CCCCC2)CC1. The first-order valence-corrected chi connectivity index (χ1v) is 5.50. The van der Waals surface area contributed by atoms with Crippen molar-refractivity contribution in [1.82, 2.24) is 0 Å². The summed E-state index contributed by atoms with van der Waals surface area (Å²) in [5.41, 5.74) is 0.0772. The first kappa shape index (κ1) is 8.98. The first-order valence-electron chi connectivity index (χ1n) is 5.50. The van der Waals surface area contributed by atoms with Gasteiger partial charge in [0.05, 0.1) is 0 Å². The first-order chi connectivity index (χ1) is 6.37. The molecular weight excluding hydrogens is 160 g/mol. The van der Waals surface area contributed by atoms with Crippen LogP contribution in [-0.4, -0.2) is 6.29 Å². The lowest BCUT2D eigenvalue weighted by atomic mass is 9.84. The van der Waals surface area contributed by atoms with Crippen LogP contribution in [0.1, 0.15) is 44.9 Å². The predicted molar refractivity (Wildman–Crippen MR) is 53.4 cm³/mol. The third kappa shape index (κ3) is 1.84. The van der Waals surface area contributed by atoms with E-state index >= 15 is 0 Å². The molecule has 1 unspecified atom stereocenters. The van der Waals surface area contributed by atoms with Gasteiger partial charge in [-0.25, -0.2) is 0 Å². The molecule has 0 saturated heterocycles. The van der Waals surface area contributed by atoms with Gasteiger partial charge in [-0.3, -0.25) is 0 Å². The highest BCUT2D eigenvalue weighted by Crippen LogP contribution is 2.52. The maximum atomic E-state index is 11.0. The summed E-state index contributed by atoms with van der Waals surface area (Å²) in [6.07, 6.45) is 14.5. The minimum absolute atomic E-state index is 0.0772. The molecule has 13 heavy (non-hydrogen) atoms. The van der Waals surface area contributed by atoms with Crippen molar-refractivity contribution >= 4 is 6.29 Å². The van der Waals surface area contributed by atoms with Gasteiger partial charge in [-0.2, -0.15) is 0 Å². The fourth-order valence-corrected chi connectivity index (χ4v) is 2.36. The molecule has 2 aliphatic carbocycles. The van der Waals surface area contributed by atoms with Crippen LogP contribution in [0.3, 0.4) is 0 Å². The lowest BCUT2D eigenvalue weighted by molar-refractivity contribution is -0.113. The molecule has 0 N–H and O–H groups in total. The van der Waals surface area contributed by atoms with Crippen LogP contribution in [0.5, 0.6) is 0 Å². The molecule has 0 aromatic heterocycles. The minimum atomic E-state index is 0.0772. The van der Waals surface area contributed by atoms with Gasteiger partial charge in [-0.15, -0.1) is 0 Å². The zero-order valence-corrected chi connectivity index (χ0v) is 8.17. The average Bonchev–Trinajstić information content (AvgIpc) is 2.84. The van der Waals surface area contributed by atoms with Crippen molar-refractivity contribution in [3.63, 3.8) is 0 Å². The molecule has 0 amide bonds. The summed E-state index contributed by atoms with van der Waals surface area (Å²) < 4.78 is 0. The van der Waals surface area contributed by atoms with Gasteiger partial charge in [-0.1, -0.05) is 25.0 Å². The highest BCUT2D eigenvalue weighted by Gasteiger charge is 2.47. The number of hydrogen-bond donors (Lipinski definition) is 0. The molecular formula is C12H18O. The minimum Gasteiger partial charge on any atom is -0.303 e.